The van der Waals surface area contributed by atoms with Crippen LogP contribution in [0.4, 0.5) is 0 Å². The first-order chi connectivity index (χ1) is 12.8. The van der Waals surface area contributed by atoms with Crippen molar-refractivity contribution in [3.63, 3.8) is 0 Å². The minimum Gasteiger partial charge on any atom is -0.451 e. The van der Waals surface area contributed by atoms with Gasteiger partial charge < -0.3 is 14.6 Å². The number of furan rings is 1. The van der Waals surface area contributed by atoms with Crippen LogP contribution < -0.4 is 5.32 Å². The fraction of sp³-hybridized carbons (Fsp3) is 0.381. The van der Waals surface area contributed by atoms with Gasteiger partial charge in [-0.2, -0.15) is 11.3 Å². The van der Waals surface area contributed by atoms with Crippen molar-refractivity contribution >= 4 is 40.6 Å². The standard InChI is InChI=1S/C21H22N2O2S.ClH/c24-20(18-11-16-3-1-2-4-17(16)25-18)23(13-15-5-10-26-14-15)19-12-21(19)6-8-22-9-7-21;/h1-5,10-11,14,19,22H,6-9,12-13H2;1H. The third-order valence-electron chi connectivity index (χ3n) is 5.95. The summed E-state index contributed by atoms with van der Waals surface area (Å²) < 4.78 is 5.88. The fourth-order valence-electron chi connectivity index (χ4n) is 4.36. The molecular formula is C21H23ClN2O2S. The van der Waals surface area contributed by atoms with E-state index in [1.165, 1.54) is 5.56 Å². The lowest BCUT2D eigenvalue weighted by molar-refractivity contribution is 0.0662. The van der Waals surface area contributed by atoms with Gasteiger partial charge in [0, 0.05) is 18.0 Å². The Kier molecular flexibility index (Phi) is 5.01. The normalized spacial score (nSPS) is 20.4. The first-order valence-electron chi connectivity index (χ1n) is 9.27. The van der Waals surface area contributed by atoms with Crippen molar-refractivity contribution in [1.29, 1.82) is 0 Å². The summed E-state index contributed by atoms with van der Waals surface area (Å²) in [6.07, 6.45) is 3.43. The summed E-state index contributed by atoms with van der Waals surface area (Å²) in [7, 11) is 0. The minimum absolute atomic E-state index is 0. The number of nitrogens with one attached hydrogen (secondary N) is 1. The number of nitrogens with zero attached hydrogens (tertiary/aromatic N) is 1. The predicted molar refractivity (Wildman–Crippen MR) is 111 cm³/mol. The minimum atomic E-state index is 0. The molecule has 2 aromatic heterocycles. The van der Waals surface area contributed by atoms with Gasteiger partial charge in [0.25, 0.3) is 5.91 Å². The number of piperidine rings is 1. The highest BCUT2D eigenvalue weighted by atomic mass is 35.5. The Labute approximate surface area is 169 Å². The second-order valence-corrected chi connectivity index (χ2v) is 8.33. The number of hydrogen-bond acceptors (Lipinski definition) is 4. The number of benzene rings is 1. The topological polar surface area (TPSA) is 45.5 Å². The zero-order valence-corrected chi connectivity index (χ0v) is 16.7. The molecule has 0 bridgehead atoms. The van der Waals surface area contributed by atoms with E-state index < -0.39 is 0 Å². The van der Waals surface area contributed by atoms with Crippen molar-refractivity contribution in [1.82, 2.24) is 10.2 Å². The zero-order valence-electron chi connectivity index (χ0n) is 15.0. The Hall–Kier alpha value is -1.82. The molecule has 1 saturated carbocycles. The summed E-state index contributed by atoms with van der Waals surface area (Å²) in [5, 5.41) is 8.64. The van der Waals surface area contributed by atoms with Crippen molar-refractivity contribution < 1.29 is 9.21 Å². The number of fused-ring (bicyclic) bond motifs is 1. The van der Waals surface area contributed by atoms with Crippen LogP contribution in [0.15, 0.2) is 51.6 Å². The molecule has 1 atom stereocenters. The Morgan fingerprint density at radius 3 is 2.81 bits per heavy atom. The number of hydrogen-bond donors (Lipinski definition) is 1. The molecule has 3 heterocycles. The van der Waals surface area contributed by atoms with Gasteiger partial charge in [-0.3, -0.25) is 4.79 Å². The van der Waals surface area contributed by atoms with E-state index in [0.717, 1.165) is 43.3 Å². The van der Waals surface area contributed by atoms with Crippen molar-refractivity contribution in [2.75, 3.05) is 13.1 Å². The molecular weight excluding hydrogens is 380 g/mol. The van der Waals surface area contributed by atoms with Gasteiger partial charge in [0.1, 0.15) is 5.58 Å². The van der Waals surface area contributed by atoms with Crippen LogP contribution in [0.5, 0.6) is 0 Å². The number of thiophene rings is 1. The first-order valence-corrected chi connectivity index (χ1v) is 10.2. The van der Waals surface area contributed by atoms with E-state index in [2.05, 4.69) is 27.0 Å². The molecule has 0 radical (unpaired) electrons. The van der Waals surface area contributed by atoms with Crippen molar-refractivity contribution in [3.8, 4) is 0 Å². The predicted octanol–water partition coefficient (Wildman–Crippen LogP) is 4.70. The highest BCUT2D eigenvalue weighted by molar-refractivity contribution is 7.07. The summed E-state index contributed by atoms with van der Waals surface area (Å²) in [6.45, 7) is 2.78. The number of amides is 1. The Bertz CT molecular complexity index is 898. The number of carbonyl (C=O) groups is 1. The molecule has 142 valence electrons. The molecule has 1 aromatic carbocycles. The number of carbonyl (C=O) groups excluding carboxylic acids is 1. The van der Waals surface area contributed by atoms with Gasteiger partial charge in [-0.15, -0.1) is 12.4 Å². The molecule has 1 saturated heterocycles. The van der Waals surface area contributed by atoms with Crippen LogP contribution in [0, 0.1) is 5.41 Å². The summed E-state index contributed by atoms with van der Waals surface area (Å²) in [5.41, 5.74) is 2.29. The molecule has 6 heteroatoms. The molecule has 2 aliphatic rings. The van der Waals surface area contributed by atoms with Crippen LogP contribution in [0.1, 0.15) is 35.4 Å². The summed E-state index contributed by atoms with van der Waals surface area (Å²) in [4.78, 5) is 15.4. The van der Waals surface area contributed by atoms with E-state index in [9.17, 15) is 4.79 Å². The fourth-order valence-corrected chi connectivity index (χ4v) is 5.02. The van der Waals surface area contributed by atoms with Crippen LogP contribution in [-0.4, -0.2) is 29.9 Å². The third-order valence-corrected chi connectivity index (χ3v) is 6.68. The first kappa shape index (κ1) is 18.5. The van der Waals surface area contributed by atoms with E-state index >= 15 is 0 Å². The van der Waals surface area contributed by atoms with E-state index in [1.54, 1.807) is 11.3 Å². The lowest BCUT2D eigenvalue weighted by Crippen LogP contribution is -2.39. The molecule has 1 N–H and O–H groups in total. The smallest absolute Gasteiger partial charge is 0.290 e. The molecule has 4 nitrogen and oxygen atoms in total. The highest BCUT2D eigenvalue weighted by Gasteiger charge is 2.58. The van der Waals surface area contributed by atoms with Gasteiger partial charge in [-0.25, -0.2) is 0 Å². The molecule has 1 amide bonds. The average Bonchev–Trinajstić information content (AvgIpc) is 3.08. The molecule has 2 fully saturated rings. The van der Waals surface area contributed by atoms with Crippen molar-refractivity contribution in [2.24, 2.45) is 5.41 Å². The molecule has 1 unspecified atom stereocenters. The van der Waals surface area contributed by atoms with E-state index in [1.807, 2.05) is 30.3 Å². The SMILES string of the molecule is Cl.O=C(c1cc2ccccc2o1)N(Cc1ccsc1)C1CC12CCNCC2. The second kappa shape index (κ2) is 7.30. The molecule has 1 aliphatic heterocycles. The third kappa shape index (κ3) is 3.40. The molecule has 1 aliphatic carbocycles. The van der Waals surface area contributed by atoms with Crippen LogP contribution in [0.25, 0.3) is 11.0 Å². The maximum atomic E-state index is 13.4. The molecule has 5 rings (SSSR count). The molecule has 1 spiro atoms. The van der Waals surface area contributed by atoms with E-state index in [4.69, 9.17) is 4.42 Å². The van der Waals surface area contributed by atoms with Gasteiger partial charge in [-0.05, 0) is 72.3 Å². The van der Waals surface area contributed by atoms with E-state index in [-0.39, 0.29) is 18.3 Å². The Morgan fingerprint density at radius 1 is 1.26 bits per heavy atom. The zero-order chi connectivity index (χ0) is 17.6. The lowest BCUT2D eigenvalue weighted by atomic mass is 9.93. The van der Waals surface area contributed by atoms with Crippen molar-refractivity contribution in [2.45, 2.75) is 31.8 Å². The Balaban J connectivity index is 0.00000180. The Morgan fingerprint density at radius 2 is 2.07 bits per heavy atom. The van der Waals surface area contributed by atoms with Gasteiger partial charge in [0.2, 0.25) is 0 Å². The lowest BCUT2D eigenvalue weighted by Gasteiger charge is -2.29. The summed E-state index contributed by atoms with van der Waals surface area (Å²) in [6, 6.07) is 12.1. The number of rotatable bonds is 4. The largest absolute Gasteiger partial charge is 0.451 e. The van der Waals surface area contributed by atoms with Crippen LogP contribution >= 0.6 is 23.7 Å². The maximum absolute atomic E-state index is 13.4. The van der Waals surface area contributed by atoms with Gasteiger partial charge >= 0.3 is 0 Å². The number of para-hydroxylation sites is 1. The molecule has 27 heavy (non-hydrogen) atoms. The maximum Gasteiger partial charge on any atom is 0.290 e. The summed E-state index contributed by atoms with van der Waals surface area (Å²) >= 11 is 1.68. The van der Waals surface area contributed by atoms with Crippen LogP contribution in [0.2, 0.25) is 0 Å². The van der Waals surface area contributed by atoms with Crippen LogP contribution in [0.3, 0.4) is 0 Å². The number of halogens is 1. The van der Waals surface area contributed by atoms with Gasteiger partial charge in [0.15, 0.2) is 5.76 Å². The monoisotopic (exact) mass is 402 g/mol. The second-order valence-electron chi connectivity index (χ2n) is 7.55. The summed E-state index contributed by atoms with van der Waals surface area (Å²) in [5.74, 6) is 0.477. The average molecular weight is 403 g/mol. The van der Waals surface area contributed by atoms with Crippen molar-refractivity contribution in [3.05, 3.63) is 58.5 Å². The van der Waals surface area contributed by atoms with Gasteiger partial charge in [0.05, 0.1) is 0 Å². The van der Waals surface area contributed by atoms with E-state index in [0.29, 0.717) is 23.8 Å². The molecule has 3 aromatic rings. The van der Waals surface area contributed by atoms with Gasteiger partial charge in [-0.1, -0.05) is 18.2 Å². The quantitative estimate of drug-likeness (QED) is 0.687. The van der Waals surface area contributed by atoms with Crippen LogP contribution in [-0.2, 0) is 6.54 Å². The highest BCUT2D eigenvalue weighted by Crippen LogP contribution is 2.56.